The molecular formula is C22H25N3. The lowest BCUT2D eigenvalue weighted by molar-refractivity contribution is 0.670. The Balaban J connectivity index is 1.83. The zero-order chi connectivity index (χ0) is 17.2. The van der Waals surface area contributed by atoms with E-state index in [1.165, 1.54) is 40.6 Å². The van der Waals surface area contributed by atoms with Gasteiger partial charge in [-0.05, 0) is 29.3 Å². The van der Waals surface area contributed by atoms with Gasteiger partial charge in [-0.2, -0.15) is 0 Å². The fourth-order valence-corrected chi connectivity index (χ4v) is 3.81. The molecule has 3 nitrogen and oxygen atoms in total. The minimum absolute atomic E-state index is 0.169. The number of hydrogen-bond donors (Lipinski definition) is 2. The van der Waals surface area contributed by atoms with E-state index in [4.69, 9.17) is 0 Å². The molecule has 128 valence electrons. The Kier molecular flexibility index (Phi) is 4.22. The smallest absolute Gasteiger partial charge is 0.126 e. The molecule has 0 saturated heterocycles. The molecule has 2 N–H and O–H groups in total. The van der Waals surface area contributed by atoms with Gasteiger partial charge in [-0.3, -0.25) is 0 Å². The van der Waals surface area contributed by atoms with E-state index in [-0.39, 0.29) is 6.17 Å². The van der Waals surface area contributed by atoms with Gasteiger partial charge in [-0.25, -0.2) is 0 Å². The third kappa shape index (κ3) is 2.70. The first-order chi connectivity index (χ1) is 12.3. The molecule has 0 fully saturated rings. The summed E-state index contributed by atoms with van der Waals surface area (Å²) in [5, 5.41) is 9.72. The molecule has 1 heterocycles. The Hall–Kier alpha value is -2.68. The molecule has 0 aromatic heterocycles. The number of para-hydroxylation sites is 1. The topological polar surface area (TPSA) is 27.3 Å². The third-order valence-electron chi connectivity index (χ3n) is 5.08. The van der Waals surface area contributed by atoms with Crippen LogP contribution in [0.2, 0.25) is 0 Å². The van der Waals surface area contributed by atoms with Gasteiger partial charge in [0.2, 0.25) is 0 Å². The molecule has 0 amide bonds. The zero-order valence-corrected chi connectivity index (χ0v) is 14.9. The summed E-state index contributed by atoms with van der Waals surface area (Å²) in [6.45, 7) is 3.30. The van der Waals surface area contributed by atoms with E-state index >= 15 is 0 Å². The zero-order valence-electron chi connectivity index (χ0n) is 14.9. The third-order valence-corrected chi connectivity index (χ3v) is 5.08. The van der Waals surface area contributed by atoms with E-state index in [2.05, 4.69) is 83.1 Å². The first kappa shape index (κ1) is 15.8. The molecule has 0 aliphatic carbocycles. The lowest BCUT2D eigenvalue weighted by Crippen LogP contribution is -2.29. The average molecular weight is 331 g/mol. The molecule has 1 atom stereocenters. The van der Waals surface area contributed by atoms with E-state index in [1.807, 2.05) is 7.05 Å². The van der Waals surface area contributed by atoms with Crippen LogP contribution in [0.1, 0.15) is 31.5 Å². The van der Waals surface area contributed by atoms with Gasteiger partial charge in [0, 0.05) is 19.2 Å². The molecule has 25 heavy (non-hydrogen) atoms. The van der Waals surface area contributed by atoms with E-state index in [1.54, 1.807) is 0 Å². The van der Waals surface area contributed by atoms with Gasteiger partial charge < -0.3 is 15.5 Å². The molecule has 1 unspecified atom stereocenters. The van der Waals surface area contributed by atoms with Crippen LogP contribution in [0.25, 0.3) is 10.8 Å². The van der Waals surface area contributed by atoms with Crippen molar-refractivity contribution < 1.29 is 0 Å². The van der Waals surface area contributed by atoms with Gasteiger partial charge in [-0.15, -0.1) is 0 Å². The van der Waals surface area contributed by atoms with Gasteiger partial charge in [0.25, 0.3) is 0 Å². The van der Waals surface area contributed by atoms with Gasteiger partial charge in [-0.1, -0.05) is 61.9 Å². The molecule has 0 spiro atoms. The lowest BCUT2D eigenvalue weighted by atomic mass is 10.0. The molecule has 0 bridgehead atoms. The van der Waals surface area contributed by atoms with Crippen molar-refractivity contribution >= 4 is 27.8 Å². The fourth-order valence-electron chi connectivity index (χ4n) is 3.81. The van der Waals surface area contributed by atoms with Crippen molar-refractivity contribution in [2.24, 2.45) is 0 Å². The summed E-state index contributed by atoms with van der Waals surface area (Å²) in [4.78, 5) is 2.52. The minimum atomic E-state index is 0.169. The number of anilines is 3. The second-order valence-electron chi connectivity index (χ2n) is 6.61. The highest BCUT2D eigenvalue weighted by Gasteiger charge is 2.31. The van der Waals surface area contributed by atoms with Crippen molar-refractivity contribution in [3.05, 3.63) is 66.2 Å². The molecule has 1 aliphatic heterocycles. The number of rotatable bonds is 5. The summed E-state index contributed by atoms with van der Waals surface area (Å²) in [7, 11) is 1.99. The molecule has 3 aromatic rings. The molecule has 3 aromatic carbocycles. The number of unbranched alkanes of at least 4 members (excludes halogenated alkanes) is 1. The van der Waals surface area contributed by atoms with Crippen LogP contribution >= 0.6 is 0 Å². The largest absolute Gasteiger partial charge is 0.386 e. The second-order valence-corrected chi connectivity index (χ2v) is 6.61. The van der Waals surface area contributed by atoms with Crippen LogP contribution in [0.15, 0.2) is 60.7 Å². The number of benzene rings is 3. The van der Waals surface area contributed by atoms with Crippen LogP contribution in [0.4, 0.5) is 17.1 Å². The van der Waals surface area contributed by atoms with Gasteiger partial charge in [0.05, 0.1) is 17.1 Å². The van der Waals surface area contributed by atoms with Crippen LogP contribution < -0.4 is 15.5 Å². The van der Waals surface area contributed by atoms with Gasteiger partial charge in [0.1, 0.15) is 6.17 Å². The summed E-state index contributed by atoms with van der Waals surface area (Å²) in [6.07, 6.45) is 2.55. The Bertz CT molecular complexity index is 882. The maximum Gasteiger partial charge on any atom is 0.126 e. The van der Waals surface area contributed by atoms with Crippen molar-refractivity contribution in [3.63, 3.8) is 0 Å². The van der Waals surface area contributed by atoms with Crippen molar-refractivity contribution in [2.45, 2.75) is 25.9 Å². The van der Waals surface area contributed by atoms with Gasteiger partial charge >= 0.3 is 0 Å². The summed E-state index contributed by atoms with van der Waals surface area (Å²) >= 11 is 0. The predicted octanol–water partition coefficient (Wildman–Crippen LogP) is 5.61. The predicted molar refractivity (Wildman–Crippen MR) is 109 cm³/mol. The van der Waals surface area contributed by atoms with Crippen LogP contribution in [-0.2, 0) is 0 Å². The first-order valence-electron chi connectivity index (χ1n) is 9.15. The SMILES string of the molecule is CCCCN1c2cccc(NC)c2NC1c1cccc2ccccc12. The van der Waals surface area contributed by atoms with Crippen molar-refractivity contribution in [1.29, 1.82) is 0 Å². The molecule has 4 rings (SSSR count). The Morgan fingerprint density at radius 1 is 1.00 bits per heavy atom. The summed E-state index contributed by atoms with van der Waals surface area (Å²) in [6, 6.07) is 21.8. The fraction of sp³-hybridized carbons (Fsp3) is 0.273. The monoisotopic (exact) mass is 331 g/mol. The van der Waals surface area contributed by atoms with Crippen LogP contribution in [-0.4, -0.2) is 13.6 Å². The number of nitrogens with zero attached hydrogens (tertiary/aromatic N) is 1. The number of nitrogens with one attached hydrogen (secondary N) is 2. The van der Waals surface area contributed by atoms with Gasteiger partial charge in [0.15, 0.2) is 0 Å². The summed E-state index contributed by atoms with van der Waals surface area (Å²) in [5.41, 5.74) is 4.99. The van der Waals surface area contributed by atoms with Crippen molar-refractivity contribution in [1.82, 2.24) is 0 Å². The minimum Gasteiger partial charge on any atom is -0.386 e. The van der Waals surface area contributed by atoms with Crippen molar-refractivity contribution in [2.75, 3.05) is 29.1 Å². The van der Waals surface area contributed by atoms with E-state index < -0.39 is 0 Å². The average Bonchev–Trinajstić information content (AvgIpc) is 3.04. The van der Waals surface area contributed by atoms with Crippen LogP contribution in [0, 0.1) is 0 Å². The molecule has 3 heteroatoms. The highest BCUT2D eigenvalue weighted by Crippen LogP contribution is 2.46. The Morgan fingerprint density at radius 3 is 2.64 bits per heavy atom. The lowest BCUT2D eigenvalue weighted by Gasteiger charge is -2.28. The number of hydrogen-bond acceptors (Lipinski definition) is 3. The standard InChI is InChI=1S/C22H25N3/c1-3-4-15-25-20-14-8-13-19(23-2)21(20)24-22(25)18-12-7-10-16-9-5-6-11-17(16)18/h5-14,22-24H,3-4,15H2,1-2H3. The van der Waals surface area contributed by atoms with Crippen LogP contribution in [0.5, 0.6) is 0 Å². The molecular weight excluding hydrogens is 306 g/mol. The Morgan fingerprint density at radius 2 is 1.80 bits per heavy atom. The second kappa shape index (κ2) is 6.67. The molecule has 0 radical (unpaired) electrons. The van der Waals surface area contributed by atoms with E-state index in [9.17, 15) is 0 Å². The first-order valence-corrected chi connectivity index (χ1v) is 9.15. The Labute approximate surface area is 149 Å². The molecule has 0 saturated carbocycles. The summed E-state index contributed by atoms with van der Waals surface area (Å²) < 4.78 is 0. The number of fused-ring (bicyclic) bond motifs is 2. The summed E-state index contributed by atoms with van der Waals surface area (Å²) in [5.74, 6) is 0. The highest BCUT2D eigenvalue weighted by atomic mass is 15.3. The van der Waals surface area contributed by atoms with E-state index in [0.717, 1.165) is 12.2 Å². The maximum absolute atomic E-state index is 3.78. The van der Waals surface area contributed by atoms with Crippen LogP contribution in [0.3, 0.4) is 0 Å². The maximum atomic E-state index is 3.78. The molecule has 1 aliphatic rings. The van der Waals surface area contributed by atoms with E-state index in [0.29, 0.717) is 0 Å². The highest BCUT2D eigenvalue weighted by molar-refractivity contribution is 5.91. The van der Waals surface area contributed by atoms with Crippen molar-refractivity contribution in [3.8, 4) is 0 Å². The normalized spacial score (nSPS) is 15.9. The quantitative estimate of drug-likeness (QED) is 0.636.